The van der Waals surface area contributed by atoms with E-state index in [1.54, 1.807) is 24.3 Å². The molecule has 2 aromatic carbocycles. The summed E-state index contributed by atoms with van der Waals surface area (Å²) in [6.45, 7) is -4.36. The summed E-state index contributed by atoms with van der Waals surface area (Å²) in [6, 6.07) is 8.19. The van der Waals surface area contributed by atoms with Gasteiger partial charge in [-0.3, -0.25) is 0 Å². The number of ether oxygens (including phenoxy) is 4. The molecule has 0 fully saturated rings. The number of fused-ring (bicyclic) bond motifs is 1. The van der Waals surface area contributed by atoms with Gasteiger partial charge in [-0.2, -0.15) is 15.4 Å². The minimum absolute atomic E-state index is 0. The van der Waals surface area contributed by atoms with E-state index in [-0.39, 0.29) is 77.4 Å². The maximum atomic E-state index is 11.4. The number of hydrogen-bond donors (Lipinski definition) is 1. The number of H-pyrrole nitrogens is 1. The van der Waals surface area contributed by atoms with Crippen LogP contribution < -0.4 is 92.4 Å². The number of methoxy groups -OCH3 is 2. The standard InChI is InChI=1S/C17H16N3O7PS.2Na/c1-23-11-4-3-9(5-12(11)27-28(21,22)29)15-16(19-20-18-15)10-6-13(24-2)17-14(7-10)25-8-26-17;;/h3-7H,8H2,1-2H3,(H,18,19,20)(H2,21,22,29);;/q;2*+1/p-2. The molecule has 3 aromatic rings. The first-order valence-corrected chi connectivity index (χ1v) is 10.7. The first-order valence-electron chi connectivity index (χ1n) is 8.18. The van der Waals surface area contributed by atoms with Crippen LogP contribution in [0.5, 0.6) is 28.7 Å². The van der Waals surface area contributed by atoms with Crippen molar-refractivity contribution in [3.8, 4) is 51.3 Å². The van der Waals surface area contributed by atoms with Crippen LogP contribution in [-0.2, 0) is 11.8 Å². The number of hydrogen-bond acceptors (Lipinski definition) is 10. The van der Waals surface area contributed by atoms with Crippen molar-refractivity contribution < 1.29 is 92.4 Å². The topological polar surface area (TPSA) is 134 Å². The van der Waals surface area contributed by atoms with Gasteiger partial charge in [0.2, 0.25) is 12.5 Å². The molecule has 14 heteroatoms. The van der Waals surface area contributed by atoms with E-state index < -0.39 is 6.72 Å². The molecule has 0 amide bonds. The fourth-order valence-electron chi connectivity index (χ4n) is 2.92. The molecule has 1 aliphatic rings. The molecule has 0 spiro atoms. The molecule has 1 aliphatic heterocycles. The maximum absolute atomic E-state index is 11.4. The van der Waals surface area contributed by atoms with Gasteiger partial charge in [-0.1, -0.05) is 11.8 Å². The third-order valence-corrected chi connectivity index (χ3v) is 4.77. The van der Waals surface area contributed by atoms with Crippen LogP contribution in [-0.4, -0.2) is 36.4 Å². The van der Waals surface area contributed by atoms with Crippen molar-refractivity contribution in [2.75, 3.05) is 21.0 Å². The Hall–Kier alpha value is -0.850. The van der Waals surface area contributed by atoms with Crippen LogP contribution in [0.15, 0.2) is 30.3 Å². The fraction of sp³-hybridized carbons (Fsp3) is 0.176. The van der Waals surface area contributed by atoms with E-state index in [9.17, 15) is 9.79 Å². The largest absolute Gasteiger partial charge is 1.00 e. The Bertz CT molecular complexity index is 1130. The molecule has 152 valence electrons. The normalized spacial score (nSPS) is 11.9. The second-order valence-electron chi connectivity index (χ2n) is 5.84. The Labute approximate surface area is 227 Å². The second-order valence-corrected chi connectivity index (χ2v) is 8.26. The van der Waals surface area contributed by atoms with Crippen LogP contribution in [0.2, 0.25) is 0 Å². The minimum Gasteiger partial charge on any atom is -0.803 e. The average Bonchev–Trinajstić information content (AvgIpc) is 3.35. The van der Waals surface area contributed by atoms with Gasteiger partial charge in [-0.15, -0.1) is 0 Å². The molecule has 0 saturated carbocycles. The van der Waals surface area contributed by atoms with Crippen molar-refractivity contribution in [2.24, 2.45) is 0 Å². The van der Waals surface area contributed by atoms with Gasteiger partial charge in [0.1, 0.15) is 11.4 Å². The van der Waals surface area contributed by atoms with Gasteiger partial charge in [0.15, 0.2) is 23.0 Å². The van der Waals surface area contributed by atoms with Gasteiger partial charge in [0.25, 0.3) is 0 Å². The van der Waals surface area contributed by atoms with Crippen molar-refractivity contribution >= 4 is 18.5 Å². The van der Waals surface area contributed by atoms with E-state index >= 15 is 0 Å². The van der Waals surface area contributed by atoms with E-state index in [4.69, 9.17) is 23.5 Å². The molecule has 1 aromatic heterocycles. The summed E-state index contributed by atoms with van der Waals surface area (Å²) < 4.78 is 26.2. The Morgan fingerprint density at radius 1 is 0.935 bits per heavy atom. The maximum Gasteiger partial charge on any atom is 1.00 e. The summed E-state index contributed by atoms with van der Waals surface area (Å²) in [5.74, 6) is 1.68. The van der Waals surface area contributed by atoms with Crippen molar-refractivity contribution in [3.05, 3.63) is 30.3 Å². The summed E-state index contributed by atoms with van der Waals surface area (Å²) in [5.41, 5.74) is 2.13. The summed E-state index contributed by atoms with van der Waals surface area (Å²) >= 11 is 4.34. The zero-order valence-corrected chi connectivity index (χ0v) is 22.9. The van der Waals surface area contributed by atoms with Crippen molar-refractivity contribution in [3.63, 3.8) is 0 Å². The molecule has 4 rings (SSSR count). The monoisotopic (exact) mass is 481 g/mol. The number of aromatic amines is 1. The molecule has 1 N–H and O–H groups in total. The molecule has 10 nitrogen and oxygen atoms in total. The zero-order chi connectivity index (χ0) is 20.6. The molecular weight excluding hydrogens is 467 g/mol. The van der Waals surface area contributed by atoms with Crippen molar-refractivity contribution in [1.82, 2.24) is 15.4 Å². The molecule has 0 atom stereocenters. The van der Waals surface area contributed by atoms with Gasteiger partial charge in [-0.25, -0.2) is 0 Å². The number of aromatic nitrogens is 3. The SMILES string of the molecule is COc1ccc(-c2n[nH]nc2-c2cc(OC)c3c(c2)OCO3)cc1OP([O-])([O-])=S.[Na+].[Na+]. The van der Waals surface area contributed by atoms with Crippen LogP contribution in [0.1, 0.15) is 0 Å². The van der Waals surface area contributed by atoms with Crippen molar-refractivity contribution in [1.29, 1.82) is 0 Å². The van der Waals surface area contributed by atoms with Gasteiger partial charge in [0.05, 0.1) is 14.2 Å². The molecule has 0 unspecified atom stereocenters. The molecule has 2 heterocycles. The van der Waals surface area contributed by atoms with E-state index in [0.717, 1.165) is 0 Å². The van der Waals surface area contributed by atoms with Crippen LogP contribution in [0.25, 0.3) is 22.5 Å². The predicted octanol–water partition coefficient (Wildman–Crippen LogP) is -4.78. The molecular formula is C17H14N3Na2O7PS. The molecule has 31 heavy (non-hydrogen) atoms. The van der Waals surface area contributed by atoms with E-state index in [2.05, 4.69) is 27.2 Å². The van der Waals surface area contributed by atoms with E-state index in [1.807, 2.05) is 0 Å². The van der Waals surface area contributed by atoms with Crippen molar-refractivity contribution in [2.45, 2.75) is 0 Å². The second kappa shape index (κ2) is 10.8. The summed E-state index contributed by atoms with van der Waals surface area (Å²) in [7, 11) is 2.91. The van der Waals surface area contributed by atoms with Gasteiger partial charge in [-0.05, 0) is 37.1 Å². The number of nitrogens with one attached hydrogen (secondary N) is 1. The van der Waals surface area contributed by atoms with Gasteiger partial charge >= 0.3 is 59.1 Å². The van der Waals surface area contributed by atoms with Gasteiger partial charge in [0, 0.05) is 11.1 Å². The van der Waals surface area contributed by atoms with Crippen LogP contribution >= 0.6 is 6.72 Å². The third-order valence-electron chi connectivity index (χ3n) is 4.13. The quantitative estimate of drug-likeness (QED) is 0.270. The Kier molecular flexibility index (Phi) is 9.24. The Morgan fingerprint density at radius 3 is 2.23 bits per heavy atom. The molecule has 0 saturated heterocycles. The Balaban J connectivity index is 0.00000171. The van der Waals surface area contributed by atoms with Crippen LogP contribution in [0, 0.1) is 0 Å². The molecule has 0 aliphatic carbocycles. The van der Waals surface area contributed by atoms with E-state index in [1.165, 1.54) is 20.3 Å². The smallest absolute Gasteiger partial charge is 0.803 e. The third kappa shape index (κ3) is 5.75. The van der Waals surface area contributed by atoms with Crippen LogP contribution in [0.3, 0.4) is 0 Å². The summed E-state index contributed by atoms with van der Waals surface area (Å²) in [6.07, 6.45) is 0. The first-order chi connectivity index (χ1) is 13.9. The number of nitrogens with zero attached hydrogens (tertiary/aromatic N) is 2. The predicted molar refractivity (Wildman–Crippen MR) is 101 cm³/mol. The van der Waals surface area contributed by atoms with Crippen LogP contribution in [0.4, 0.5) is 0 Å². The number of rotatable bonds is 6. The minimum atomic E-state index is -4.45. The summed E-state index contributed by atoms with van der Waals surface area (Å²) in [4.78, 5) is 22.8. The zero-order valence-electron chi connectivity index (χ0n) is 17.2. The van der Waals surface area contributed by atoms with Gasteiger partial charge < -0.3 is 33.3 Å². The average molecular weight is 481 g/mol. The fourth-order valence-corrected chi connectivity index (χ4v) is 3.54. The van der Waals surface area contributed by atoms with E-state index in [0.29, 0.717) is 39.8 Å². The number of benzene rings is 2. The molecule has 0 radical (unpaired) electrons. The summed E-state index contributed by atoms with van der Waals surface area (Å²) in [5, 5.41) is 11.0. The Morgan fingerprint density at radius 2 is 1.58 bits per heavy atom. The first kappa shape index (κ1) is 26.4. The molecule has 0 bridgehead atoms.